The minimum absolute atomic E-state index is 0.0669. The minimum Gasteiger partial charge on any atom is -0.359 e. The molecule has 2 aromatic rings. The Kier molecular flexibility index (Phi) is 4.97. The number of benzene rings is 2. The van der Waals surface area contributed by atoms with Crippen LogP contribution in [0.4, 0.5) is 10.1 Å². The smallest absolute Gasteiger partial charge is 0.239 e. The minimum atomic E-state index is -3.75. The van der Waals surface area contributed by atoms with E-state index >= 15 is 0 Å². The van der Waals surface area contributed by atoms with Crippen molar-refractivity contribution in [3.63, 3.8) is 0 Å². The van der Waals surface area contributed by atoms with E-state index in [1.807, 2.05) is 11.8 Å². The Labute approximate surface area is 151 Å². The van der Waals surface area contributed by atoms with Crippen LogP contribution < -0.4 is 15.4 Å². The average molecular weight is 377 g/mol. The number of nitrogens with one attached hydrogen (secondary N) is 1. The van der Waals surface area contributed by atoms with E-state index in [1.165, 1.54) is 18.2 Å². The first-order valence-corrected chi connectivity index (χ1v) is 9.72. The number of nitrogens with zero attached hydrogens (tertiary/aromatic N) is 1. The van der Waals surface area contributed by atoms with Gasteiger partial charge in [0.15, 0.2) is 0 Å². The number of rotatable bonds is 5. The molecule has 1 aliphatic rings. The Morgan fingerprint density at radius 3 is 2.62 bits per heavy atom. The molecule has 2 aromatic carbocycles. The quantitative estimate of drug-likeness (QED) is 0.827. The van der Waals surface area contributed by atoms with Gasteiger partial charge >= 0.3 is 0 Å². The van der Waals surface area contributed by atoms with Crippen LogP contribution in [0.25, 0.3) is 0 Å². The van der Waals surface area contributed by atoms with Crippen LogP contribution in [0.5, 0.6) is 0 Å². The van der Waals surface area contributed by atoms with E-state index < -0.39 is 10.0 Å². The molecule has 1 heterocycles. The molecule has 8 heteroatoms. The summed E-state index contributed by atoms with van der Waals surface area (Å²) >= 11 is 0. The maximum Gasteiger partial charge on any atom is 0.239 e. The number of amides is 1. The van der Waals surface area contributed by atoms with Crippen molar-refractivity contribution in [1.29, 1.82) is 0 Å². The number of halogens is 1. The molecular weight excluding hydrogens is 357 g/mol. The van der Waals surface area contributed by atoms with Crippen molar-refractivity contribution in [2.75, 3.05) is 11.4 Å². The Hall–Kier alpha value is -2.45. The van der Waals surface area contributed by atoms with Gasteiger partial charge in [0.1, 0.15) is 5.82 Å². The number of sulfonamides is 1. The summed E-state index contributed by atoms with van der Waals surface area (Å²) in [6.07, 6.45) is 0.643. The number of carbonyl (C=O) groups is 1. The summed E-state index contributed by atoms with van der Waals surface area (Å²) < 4.78 is 35.9. The largest absolute Gasteiger partial charge is 0.359 e. The van der Waals surface area contributed by atoms with Gasteiger partial charge in [0.2, 0.25) is 15.9 Å². The zero-order valence-electron chi connectivity index (χ0n) is 14.3. The van der Waals surface area contributed by atoms with E-state index in [2.05, 4.69) is 5.32 Å². The summed E-state index contributed by atoms with van der Waals surface area (Å²) in [6.45, 7) is 2.45. The van der Waals surface area contributed by atoms with Crippen molar-refractivity contribution in [1.82, 2.24) is 5.32 Å². The van der Waals surface area contributed by atoms with E-state index in [0.717, 1.165) is 16.8 Å². The third kappa shape index (κ3) is 4.03. The molecule has 0 fully saturated rings. The SMILES string of the molecule is CC1Cc2cc(S(N)(=O)=O)ccc2N1CC(=O)NCc1ccc(F)cc1. The second kappa shape index (κ2) is 7.05. The molecular formula is C18H20FN3O3S. The molecule has 6 nitrogen and oxygen atoms in total. The monoisotopic (exact) mass is 377 g/mol. The number of fused-ring (bicyclic) bond motifs is 1. The van der Waals surface area contributed by atoms with Gasteiger partial charge in [0.25, 0.3) is 0 Å². The van der Waals surface area contributed by atoms with E-state index in [-0.39, 0.29) is 29.2 Å². The summed E-state index contributed by atoms with van der Waals surface area (Å²) in [4.78, 5) is 14.3. The zero-order chi connectivity index (χ0) is 18.9. The highest BCUT2D eigenvalue weighted by Crippen LogP contribution is 2.33. The number of hydrogen-bond donors (Lipinski definition) is 2. The molecule has 3 rings (SSSR count). The number of hydrogen-bond acceptors (Lipinski definition) is 4. The number of primary sulfonamides is 1. The van der Waals surface area contributed by atoms with Gasteiger partial charge in [-0.15, -0.1) is 0 Å². The lowest BCUT2D eigenvalue weighted by Gasteiger charge is -2.24. The van der Waals surface area contributed by atoms with Gasteiger partial charge in [-0.2, -0.15) is 0 Å². The number of nitrogens with two attached hydrogens (primary N) is 1. The second-order valence-corrected chi connectivity index (χ2v) is 7.98. The van der Waals surface area contributed by atoms with Crippen molar-refractivity contribution in [2.45, 2.75) is 30.8 Å². The molecule has 1 atom stereocenters. The van der Waals surface area contributed by atoms with Gasteiger partial charge in [-0.3, -0.25) is 4.79 Å². The fraction of sp³-hybridized carbons (Fsp3) is 0.278. The van der Waals surface area contributed by atoms with Gasteiger partial charge in [0, 0.05) is 18.3 Å². The van der Waals surface area contributed by atoms with Crippen LogP contribution in [0.1, 0.15) is 18.1 Å². The zero-order valence-corrected chi connectivity index (χ0v) is 15.1. The molecule has 26 heavy (non-hydrogen) atoms. The van der Waals surface area contributed by atoms with Crippen molar-refractivity contribution < 1.29 is 17.6 Å². The van der Waals surface area contributed by atoms with Gasteiger partial charge in [-0.05, 0) is 54.8 Å². The molecule has 1 amide bonds. The predicted molar refractivity (Wildman–Crippen MR) is 96.6 cm³/mol. The molecule has 0 saturated carbocycles. The Bertz CT molecular complexity index is 929. The molecule has 0 aliphatic carbocycles. The van der Waals surface area contributed by atoms with Crippen LogP contribution in [-0.2, 0) is 27.8 Å². The summed E-state index contributed by atoms with van der Waals surface area (Å²) in [6, 6.07) is 10.7. The van der Waals surface area contributed by atoms with Gasteiger partial charge in [-0.1, -0.05) is 12.1 Å². The number of anilines is 1. The van der Waals surface area contributed by atoms with Crippen LogP contribution >= 0.6 is 0 Å². The highest BCUT2D eigenvalue weighted by atomic mass is 32.2. The fourth-order valence-corrected chi connectivity index (χ4v) is 3.67. The Balaban J connectivity index is 1.67. The third-order valence-electron chi connectivity index (χ3n) is 4.45. The molecule has 0 radical (unpaired) electrons. The standard InChI is InChI=1S/C18H20FN3O3S/c1-12-8-14-9-16(26(20,24)25)6-7-17(14)22(12)11-18(23)21-10-13-2-4-15(19)5-3-13/h2-7,9,12H,8,10-11H2,1H3,(H,21,23)(H2,20,24,25). The van der Waals surface area contributed by atoms with E-state index in [9.17, 15) is 17.6 Å². The first-order chi connectivity index (χ1) is 12.2. The molecule has 0 spiro atoms. The van der Waals surface area contributed by atoms with Crippen LogP contribution in [0.15, 0.2) is 47.4 Å². The van der Waals surface area contributed by atoms with Gasteiger partial charge in [0.05, 0.1) is 11.4 Å². The molecule has 0 aromatic heterocycles. The van der Waals surface area contributed by atoms with Crippen LogP contribution in [0.3, 0.4) is 0 Å². The highest BCUT2D eigenvalue weighted by molar-refractivity contribution is 7.89. The summed E-state index contributed by atoms with van der Waals surface area (Å²) in [7, 11) is -3.75. The van der Waals surface area contributed by atoms with Crippen molar-refractivity contribution in [3.8, 4) is 0 Å². The molecule has 0 saturated heterocycles. The normalized spacial score (nSPS) is 16.4. The van der Waals surface area contributed by atoms with Crippen LogP contribution in [-0.4, -0.2) is 26.9 Å². The molecule has 1 unspecified atom stereocenters. The lowest BCUT2D eigenvalue weighted by atomic mass is 10.1. The molecule has 3 N–H and O–H groups in total. The van der Waals surface area contributed by atoms with Gasteiger partial charge in [-0.25, -0.2) is 17.9 Å². The Morgan fingerprint density at radius 2 is 1.96 bits per heavy atom. The van der Waals surface area contributed by atoms with E-state index in [1.54, 1.807) is 24.3 Å². The van der Waals surface area contributed by atoms with Crippen LogP contribution in [0.2, 0.25) is 0 Å². The van der Waals surface area contributed by atoms with Crippen molar-refractivity contribution >= 4 is 21.6 Å². The average Bonchev–Trinajstić information content (AvgIpc) is 2.88. The van der Waals surface area contributed by atoms with Gasteiger partial charge < -0.3 is 10.2 Å². The molecule has 0 bridgehead atoms. The summed E-state index contributed by atoms with van der Waals surface area (Å²) in [5, 5.41) is 7.99. The number of carbonyl (C=O) groups excluding carboxylic acids is 1. The summed E-state index contributed by atoms with van der Waals surface area (Å²) in [5.41, 5.74) is 2.50. The van der Waals surface area contributed by atoms with E-state index in [0.29, 0.717) is 13.0 Å². The Morgan fingerprint density at radius 1 is 1.27 bits per heavy atom. The van der Waals surface area contributed by atoms with Crippen molar-refractivity contribution in [3.05, 3.63) is 59.4 Å². The molecule has 138 valence electrons. The second-order valence-electron chi connectivity index (χ2n) is 6.42. The molecule has 1 aliphatic heterocycles. The maximum absolute atomic E-state index is 12.9. The lowest BCUT2D eigenvalue weighted by molar-refractivity contribution is -0.120. The summed E-state index contributed by atoms with van der Waals surface area (Å²) in [5.74, 6) is -0.481. The fourth-order valence-electron chi connectivity index (χ4n) is 3.10. The highest BCUT2D eigenvalue weighted by Gasteiger charge is 2.28. The topological polar surface area (TPSA) is 92.5 Å². The van der Waals surface area contributed by atoms with E-state index in [4.69, 9.17) is 5.14 Å². The van der Waals surface area contributed by atoms with Crippen molar-refractivity contribution in [2.24, 2.45) is 5.14 Å². The third-order valence-corrected chi connectivity index (χ3v) is 5.36. The maximum atomic E-state index is 12.9. The first kappa shape index (κ1) is 18.3. The van der Waals surface area contributed by atoms with Crippen LogP contribution in [0, 0.1) is 5.82 Å². The first-order valence-electron chi connectivity index (χ1n) is 8.17. The lowest BCUT2D eigenvalue weighted by Crippen LogP contribution is -2.39. The predicted octanol–water partition coefficient (Wildman–Crippen LogP) is 1.54.